The lowest BCUT2D eigenvalue weighted by atomic mass is 9.96. The molecule has 0 saturated carbocycles. The Kier molecular flexibility index (Phi) is 4.64. The largest absolute Gasteiger partial charge is 0.338 e. The molecule has 132 valence electrons. The summed E-state index contributed by atoms with van der Waals surface area (Å²) in [5, 5.41) is 12.9. The molecule has 1 unspecified atom stereocenters. The molecule has 0 aliphatic rings. The van der Waals surface area contributed by atoms with Crippen LogP contribution in [0, 0.1) is 5.82 Å². The van der Waals surface area contributed by atoms with Crippen LogP contribution in [-0.2, 0) is 12.5 Å². The summed E-state index contributed by atoms with van der Waals surface area (Å²) in [4.78, 5) is 4.47. The van der Waals surface area contributed by atoms with Gasteiger partial charge in [-0.2, -0.15) is 4.98 Å². The van der Waals surface area contributed by atoms with Crippen molar-refractivity contribution in [3.63, 3.8) is 0 Å². The number of rotatable bonds is 4. The summed E-state index contributed by atoms with van der Waals surface area (Å²) >= 11 is 1.44. The van der Waals surface area contributed by atoms with Crippen LogP contribution < -0.4 is 0 Å². The predicted octanol–water partition coefficient (Wildman–Crippen LogP) is 4.16. The first-order valence-corrected chi connectivity index (χ1v) is 8.80. The van der Waals surface area contributed by atoms with Gasteiger partial charge in [-0.05, 0) is 19.1 Å². The van der Waals surface area contributed by atoms with Gasteiger partial charge >= 0.3 is 0 Å². The molecular formula is C17H20FN5OS. The van der Waals surface area contributed by atoms with Crippen molar-refractivity contribution in [1.82, 2.24) is 24.9 Å². The van der Waals surface area contributed by atoms with Crippen LogP contribution in [0.4, 0.5) is 4.39 Å². The highest BCUT2D eigenvalue weighted by atomic mass is 32.2. The number of nitrogens with zero attached hydrogens (tertiary/aromatic N) is 5. The zero-order valence-electron chi connectivity index (χ0n) is 14.8. The minimum atomic E-state index is -0.325. The molecule has 0 saturated heterocycles. The van der Waals surface area contributed by atoms with E-state index in [0.717, 1.165) is 0 Å². The maximum absolute atomic E-state index is 14.0. The molecule has 0 radical (unpaired) electrons. The number of benzene rings is 1. The van der Waals surface area contributed by atoms with Gasteiger partial charge in [0.2, 0.25) is 5.89 Å². The second-order valence-corrected chi connectivity index (χ2v) is 8.12. The van der Waals surface area contributed by atoms with Gasteiger partial charge in [-0.1, -0.05) is 49.8 Å². The molecule has 25 heavy (non-hydrogen) atoms. The molecule has 6 nitrogen and oxygen atoms in total. The molecule has 0 bridgehead atoms. The van der Waals surface area contributed by atoms with E-state index in [1.807, 2.05) is 34.7 Å². The van der Waals surface area contributed by atoms with E-state index < -0.39 is 0 Å². The van der Waals surface area contributed by atoms with Gasteiger partial charge in [-0.15, -0.1) is 10.2 Å². The van der Waals surface area contributed by atoms with E-state index in [2.05, 4.69) is 20.3 Å². The Hall–Kier alpha value is -2.22. The third kappa shape index (κ3) is 3.58. The highest BCUT2D eigenvalue weighted by Gasteiger charge is 2.25. The molecule has 1 aromatic carbocycles. The van der Waals surface area contributed by atoms with Crippen molar-refractivity contribution < 1.29 is 8.91 Å². The monoisotopic (exact) mass is 361 g/mol. The van der Waals surface area contributed by atoms with Crippen molar-refractivity contribution in [2.75, 3.05) is 0 Å². The summed E-state index contributed by atoms with van der Waals surface area (Å²) in [6.07, 6.45) is 0. The molecule has 3 aromatic rings. The number of hydrogen-bond acceptors (Lipinski definition) is 6. The van der Waals surface area contributed by atoms with Gasteiger partial charge < -0.3 is 9.09 Å². The Morgan fingerprint density at radius 2 is 1.92 bits per heavy atom. The van der Waals surface area contributed by atoms with E-state index in [9.17, 15) is 4.39 Å². The summed E-state index contributed by atoms with van der Waals surface area (Å²) < 4.78 is 21.1. The molecule has 0 aliphatic heterocycles. The highest BCUT2D eigenvalue weighted by molar-refractivity contribution is 7.99. The molecule has 0 aliphatic carbocycles. The van der Waals surface area contributed by atoms with Crippen molar-refractivity contribution >= 4 is 11.8 Å². The Labute approximate surface area is 149 Å². The zero-order chi connectivity index (χ0) is 18.2. The van der Waals surface area contributed by atoms with E-state index in [1.165, 1.54) is 17.8 Å². The quantitative estimate of drug-likeness (QED) is 0.650. The van der Waals surface area contributed by atoms with Crippen molar-refractivity contribution in [1.29, 1.82) is 0 Å². The van der Waals surface area contributed by atoms with Crippen LogP contribution in [0.3, 0.4) is 0 Å². The number of halogens is 1. The molecule has 2 aromatic heterocycles. The van der Waals surface area contributed by atoms with Crippen LogP contribution in [0.2, 0.25) is 0 Å². The summed E-state index contributed by atoms with van der Waals surface area (Å²) in [5.74, 6) is 1.35. The predicted molar refractivity (Wildman–Crippen MR) is 93.7 cm³/mol. The number of thioether (sulfide) groups is 1. The van der Waals surface area contributed by atoms with Crippen molar-refractivity contribution in [2.24, 2.45) is 7.05 Å². The average Bonchev–Trinajstić information content (AvgIpc) is 3.16. The van der Waals surface area contributed by atoms with Crippen molar-refractivity contribution in [2.45, 2.75) is 43.5 Å². The highest BCUT2D eigenvalue weighted by Crippen LogP contribution is 2.35. The second kappa shape index (κ2) is 6.59. The van der Waals surface area contributed by atoms with Crippen LogP contribution in [0.15, 0.2) is 33.9 Å². The van der Waals surface area contributed by atoms with Crippen LogP contribution in [0.5, 0.6) is 0 Å². The first-order chi connectivity index (χ1) is 11.8. The summed E-state index contributed by atoms with van der Waals surface area (Å²) in [6, 6.07) is 6.51. The lowest BCUT2D eigenvalue weighted by Gasteiger charge is -2.11. The van der Waals surface area contributed by atoms with Gasteiger partial charge in [0.1, 0.15) is 5.82 Å². The lowest BCUT2D eigenvalue weighted by Crippen LogP contribution is -2.13. The molecular weight excluding hydrogens is 341 g/mol. The Morgan fingerprint density at radius 3 is 2.56 bits per heavy atom. The fourth-order valence-corrected chi connectivity index (χ4v) is 3.05. The molecule has 0 fully saturated rings. The Balaban J connectivity index is 1.82. The van der Waals surface area contributed by atoms with E-state index >= 15 is 0 Å². The molecule has 0 N–H and O–H groups in total. The SMILES string of the molecule is CC(Sc1nnc(-c2ccccc2F)n1C)c1nc(C(C)(C)C)no1. The van der Waals surface area contributed by atoms with Gasteiger partial charge in [0.25, 0.3) is 0 Å². The van der Waals surface area contributed by atoms with Crippen LogP contribution in [-0.4, -0.2) is 24.9 Å². The van der Waals surface area contributed by atoms with E-state index in [-0.39, 0.29) is 16.5 Å². The summed E-state index contributed by atoms with van der Waals surface area (Å²) in [5.41, 5.74) is 0.249. The molecule has 0 spiro atoms. The third-order valence-corrected chi connectivity index (χ3v) is 4.81. The van der Waals surface area contributed by atoms with Gasteiger partial charge in [-0.3, -0.25) is 0 Å². The molecule has 2 heterocycles. The van der Waals surface area contributed by atoms with Crippen molar-refractivity contribution in [3.8, 4) is 11.4 Å². The van der Waals surface area contributed by atoms with Gasteiger partial charge in [0, 0.05) is 12.5 Å². The molecule has 3 rings (SSSR count). The number of aromatic nitrogens is 5. The molecule has 0 amide bonds. The first kappa shape index (κ1) is 17.6. The normalized spacial score (nSPS) is 13.2. The lowest BCUT2D eigenvalue weighted by molar-refractivity contribution is 0.364. The van der Waals surface area contributed by atoms with Crippen LogP contribution >= 0.6 is 11.8 Å². The van der Waals surface area contributed by atoms with E-state index in [4.69, 9.17) is 4.52 Å². The number of hydrogen-bond donors (Lipinski definition) is 0. The van der Waals surface area contributed by atoms with E-state index in [1.54, 1.807) is 22.8 Å². The van der Waals surface area contributed by atoms with Crippen LogP contribution in [0.25, 0.3) is 11.4 Å². The summed E-state index contributed by atoms with van der Waals surface area (Å²) in [7, 11) is 1.81. The minimum absolute atomic E-state index is 0.0972. The maximum Gasteiger partial charge on any atom is 0.239 e. The van der Waals surface area contributed by atoms with Crippen molar-refractivity contribution in [3.05, 3.63) is 41.8 Å². The Bertz CT molecular complexity index is 883. The van der Waals surface area contributed by atoms with Gasteiger partial charge in [0.15, 0.2) is 16.8 Å². The van der Waals surface area contributed by atoms with Gasteiger partial charge in [0.05, 0.1) is 10.8 Å². The smallest absolute Gasteiger partial charge is 0.239 e. The van der Waals surface area contributed by atoms with Crippen LogP contribution in [0.1, 0.15) is 44.7 Å². The molecule has 1 atom stereocenters. The fraction of sp³-hybridized carbons (Fsp3) is 0.412. The zero-order valence-corrected chi connectivity index (χ0v) is 15.6. The third-order valence-electron chi connectivity index (χ3n) is 3.69. The second-order valence-electron chi connectivity index (χ2n) is 6.81. The topological polar surface area (TPSA) is 69.6 Å². The first-order valence-electron chi connectivity index (χ1n) is 7.92. The van der Waals surface area contributed by atoms with E-state index in [0.29, 0.717) is 28.3 Å². The van der Waals surface area contributed by atoms with Gasteiger partial charge in [-0.25, -0.2) is 4.39 Å². The maximum atomic E-state index is 14.0. The minimum Gasteiger partial charge on any atom is -0.338 e. The standard InChI is InChI=1S/C17H20FN5OS/c1-10(14-19-15(22-24-14)17(2,3)4)25-16-21-20-13(23(16)5)11-8-6-7-9-12(11)18/h6-10H,1-5H3. The Morgan fingerprint density at radius 1 is 1.20 bits per heavy atom. The summed E-state index contributed by atoms with van der Waals surface area (Å²) in [6.45, 7) is 8.05. The average molecular weight is 361 g/mol. The molecule has 8 heteroatoms. The fourth-order valence-electron chi connectivity index (χ4n) is 2.21.